The maximum Gasteiger partial charge on any atom is 0.303 e. The van der Waals surface area contributed by atoms with Crippen LogP contribution in [0.5, 0.6) is 11.5 Å². The molecule has 1 amide bonds. The van der Waals surface area contributed by atoms with Gasteiger partial charge in [0, 0.05) is 19.3 Å². The summed E-state index contributed by atoms with van der Waals surface area (Å²) in [6.45, 7) is 0. The van der Waals surface area contributed by atoms with Crippen molar-refractivity contribution >= 4 is 17.6 Å². The first kappa shape index (κ1) is 19.5. The zero-order valence-corrected chi connectivity index (χ0v) is 15.8. The molecule has 8 heteroatoms. The van der Waals surface area contributed by atoms with Gasteiger partial charge in [0.05, 0.1) is 26.5 Å². The van der Waals surface area contributed by atoms with Crippen molar-refractivity contribution in [2.24, 2.45) is 5.10 Å². The zero-order valence-electron chi connectivity index (χ0n) is 15.8. The Morgan fingerprint density at radius 1 is 1.21 bits per heavy atom. The molecule has 28 heavy (non-hydrogen) atoms. The van der Waals surface area contributed by atoms with Crippen molar-refractivity contribution in [1.82, 2.24) is 5.01 Å². The third-order valence-electron chi connectivity index (χ3n) is 4.55. The number of carboxylic acids is 1. The summed E-state index contributed by atoms with van der Waals surface area (Å²) in [4.78, 5) is 23.5. The van der Waals surface area contributed by atoms with Crippen molar-refractivity contribution in [2.75, 3.05) is 14.2 Å². The number of methoxy groups -OCH3 is 2. The Hall–Kier alpha value is -3.29. The Labute approximate surface area is 162 Å². The van der Waals surface area contributed by atoms with Crippen LogP contribution in [0, 0.1) is 0 Å². The number of nitrogens with zero attached hydrogens (tertiary/aromatic N) is 2. The largest absolute Gasteiger partial charge is 0.493 e. The number of amides is 1. The van der Waals surface area contributed by atoms with Gasteiger partial charge in [0.2, 0.25) is 5.91 Å². The highest BCUT2D eigenvalue weighted by Gasteiger charge is 2.34. The average Bonchev–Trinajstić information content (AvgIpc) is 3.36. The third-order valence-corrected chi connectivity index (χ3v) is 4.55. The molecular weight excluding hydrogens is 364 g/mol. The number of hydrogen-bond donors (Lipinski definition) is 1. The fourth-order valence-corrected chi connectivity index (χ4v) is 3.16. The molecule has 2 heterocycles. The Kier molecular flexibility index (Phi) is 5.98. The van der Waals surface area contributed by atoms with Gasteiger partial charge < -0.3 is 19.0 Å². The van der Waals surface area contributed by atoms with E-state index in [2.05, 4.69) is 5.10 Å². The monoisotopic (exact) mass is 386 g/mol. The SMILES string of the molecule is COc1ccc([C@H]2CC(c3ccco3)=NN2C(=O)CCCC(=O)O)cc1OC. The van der Waals surface area contributed by atoms with Crippen LogP contribution in [0.3, 0.4) is 0 Å². The summed E-state index contributed by atoms with van der Waals surface area (Å²) in [5.41, 5.74) is 1.51. The topological polar surface area (TPSA) is 102 Å². The molecule has 3 rings (SSSR count). The fraction of sp³-hybridized carbons (Fsp3) is 0.350. The molecule has 1 aliphatic heterocycles. The molecule has 1 atom stereocenters. The molecule has 0 spiro atoms. The molecule has 0 saturated carbocycles. The number of hydrazone groups is 1. The number of rotatable bonds is 8. The van der Waals surface area contributed by atoms with Gasteiger partial charge >= 0.3 is 5.97 Å². The molecule has 1 N–H and O–H groups in total. The summed E-state index contributed by atoms with van der Waals surface area (Å²) >= 11 is 0. The number of aliphatic carboxylic acids is 1. The van der Waals surface area contributed by atoms with E-state index in [9.17, 15) is 9.59 Å². The third kappa shape index (κ3) is 4.16. The van der Waals surface area contributed by atoms with Crippen molar-refractivity contribution in [3.05, 3.63) is 47.9 Å². The quantitative estimate of drug-likeness (QED) is 0.747. The smallest absolute Gasteiger partial charge is 0.303 e. The van der Waals surface area contributed by atoms with E-state index in [-0.39, 0.29) is 31.2 Å². The van der Waals surface area contributed by atoms with E-state index in [0.717, 1.165) is 5.56 Å². The lowest BCUT2D eigenvalue weighted by atomic mass is 10.00. The second-order valence-corrected chi connectivity index (χ2v) is 6.34. The van der Waals surface area contributed by atoms with Gasteiger partial charge in [-0.05, 0) is 36.2 Å². The van der Waals surface area contributed by atoms with Gasteiger partial charge in [-0.15, -0.1) is 0 Å². The number of carboxylic acid groups (broad SMARTS) is 1. The van der Waals surface area contributed by atoms with E-state index in [1.807, 2.05) is 12.1 Å². The van der Waals surface area contributed by atoms with Gasteiger partial charge in [-0.1, -0.05) is 6.07 Å². The molecule has 1 aliphatic rings. The molecule has 2 aromatic rings. The highest BCUT2D eigenvalue weighted by molar-refractivity contribution is 6.01. The van der Waals surface area contributed by atoms with E-state index in [1.165, 1.54) is 5.01 Å². The summed E-state index contributed by atoms with van der Waals surface area (Å²) in [5.74, 6) is 0.597. The highest BCUT2D eigenvalue weighted by atomic mass is 16.5. The number of carbonyl (C=O) groups excluding carboxylic acids is 1. The maximum absolute atomic E-state index is 12.7. The van der Waals surface area contributed by atoms with Crippen LogP contribution in [0.25, 0.3) is 0 Å². The summed E-state index contributed by atoms with van der Waals surface area (Å²) < 4.78 is 16.1. The van der Waals surface area contributed by atoms with Gasteiger partial charge in [-0.2, -0.15) is 5.10 Å². The normalized spacial score (nSPS) is 16.0. The number of benzene rings is 1. The first-order valence-corrected chi connectivity index (χ1v) is 8.90. The molecule has 8 nitrogen and oxygen atoms in total. The van der Waals surface area contributed by atoms with Gasteiger partial charge in [-0.3, -0.25) is 9.59 Å². The summed E-state index contributed by atoms with van der Waals surface area (Å²) in [6, 6.07) is 8.69. The zero-order chi connectivity index (χ0) is 20.1. The minimum atomic E-state index is -0.926. The molecule has 0 unspecified atom stereocenters. The molecule has 0 saturated heterocycles. The lowest BCUT2D eigenvalue weighted by Gasteiger charge is -2.23. The van der Waals surface area contributed by atoms with E-state index in [4.69, 9.17) is 19.0 Å². The van der Waals surface area contributed by atoms with Crippen LogP contribution < -0.4 is 9.47 Å². The number of ether oxygens (including phenoxy) is 2. The van der Waals surface area contributed by atoms with Gasteiger partial charge in [0.25, 0.3) is 0 Å². The number of carbonyl (C=O) groups is 2. The van der Waals surface area contributed by atoms with Crippen molar-refractivity contribution in [2.45, 2.75) is 31.7 Å². The van der Waals surface area contributed by atoms with Crippen LogP contribution in [-0.4, -0.2) is 41.9 Å². The van der Waals surface area contributed by atoms with E-state index in [1.54, 1.807) is 38.7 Å². The lowest BCUT2D eigenvalue weighted by molar-refractivity contribution is -0.137. The van der Waals surface area contributed by atoms with E-state index >= 15 is 0 Å². The summed E-state index contributed by atoms with van der Waals surface area (Å²) in [5, 5.41) is 14.7. The van der Waals surface area contributed by atoms with Crippen molar-refractivity contribution in [1.29, 1.82) is 0 Å². The number of furan rings is 1. The minimum absolute atomic E-state index is 0.0602. The standard InChI is InChI=1S/C20H22N2O6/c1-26-17-9-8-13(11-18(17)27-2)15-12-14(16-5-4-10-28-16)21-22(15)19(23)6-3-7-20(24)25/h4-5,8-11,15H,3,6-7,12H2,1-2H3,(H,24,25)/t15-/m1/s1. The van der Waals surface area contributed by atoms with Crippen LogP contribution in [0.1, 0.15) is 43.0 Å². The lowest BCUT2D eigenvalue weighted by Crippen LogP contribution is -2.27. The average molecular weight is 386 g/mol. The second-order valence-electron chi connectivity index (χ2n) is 6.34. The van der Waals surface area contributed by atoms with E-state index in [0.29, 0.717) is 29.4 Å². The van der Waals surface area contributed by atoms with Crippen LogP contribution >= 0.6 is 0 Å². The molecule has 0 aliphatic carbocycles. The van der Waals surface area contributed by atoms with Crippen LogP contribution in [0.4, 0.5) is 0 Å². The Morgan fingerprint density at radius 3 is 2.64 bits per heavy atom. The fourth-order valence-electron chi connectivity index (χ4n) is 3.16. The Bertz CT molecular complexity index is 875. The first-order valence-electron chi connectivity index (χ1n) is 8.90. The van der Waals surface area contributed by atoms with Crippen molar-refractivity contribution in [3.8, 4) is 11.5 Å². The predicted octanol–water partition coefficient (Wildman–Crippen LogP) is 3.23. The first-order chi connectivity index (χ1) is 13.5. The van der Waals surface area contributed by atoms with E-state index < -0.39 is 5.97 Å². The molecule has 0 fully saturated rings. The molecule has 0 radical (unpaired) electrons. The molecule has 0 bridgehead atoms. The van der Waals surface area contributed by atoms with Crippen LogP contribution in [0.15, 0.2) is 46.1 Å². The van der Waals surface area contributed by atoms with Crippen LogP contribution in [-0.2, 0) is 9.59 Å². The van der Waals surface area contributed by atoms with Crippen molar-refractivity contribution in [3.63, 3.8) is 0 Å². The molecule has 1 aromatic carbocycles. The van der Waals surface area contributed by atoms with Crippen LogP contribution in [0.2, 0.25) is 0 Å². The minimum Gasteiger partial charge on any atom is -0.493 e. The molecular formula is C20H22N2O6. The second kappa shape index (κ2) is 8.60. The Morgan fingerprint density at radius 2 is 2.00 bits per heavy atom. The molecule has 148 valence electrons. The maximum atomic E-state index is 12.7. The highest BCUT2D eigenvalue weighted by Crippen LogP contribution is 2.37. The molecule has 1 aromatic heterocycles. The Balaban J connectivity index is 1.87. The van der Waals surface area contributed by atoms with Crippen molar-refractivity contribution < 1.29 is 28.6 Å². The number of hydrogen-bond acceptors (Lipinski definition) is 6. The van der Waals surface area contributed by atoms with Gasteiger partial charge in [0.15, 0.2) is 11.5 Å². The predicted molar refractivity (Wildman–Crippen MR) is 100 cm³/mol. The van der Waals surface area contributed by atoms with Gasteiger partial charge in [0.1, 0.15) is 11.5 Å². The summed E-state index contributed by atoms with van der Waals surface area (Å²) in [6.07, 6.45) is 2.34. The summed E-state index contributed by atoms with van der Waals surface area (Å²) in [7, 11) is 3.11. The van der Waals surface area contributed by atoms with Gasteiger partial charge in [-0.25, -0.2) is 5.01 Å².